The minimum Gasteiger partial charge on any atom is -0.327 e. The number of fused-ring (bicyclic) bond motifs is 1. The fourth-order valence-corrected chi connectivity index (χ4v) is 2.58. The van der Waals surface area contributed by atoms with Gasteiger partial charge in [-0.15, -0.1) is 0 Å². The number of aryl methyl sites for hydroxylation is 1. The Morgan fingerprint density at radius 1 is 1.08 bits per heavy atom. The van der Waals surface area contributed by atoms with Crippen LogP contribution in [0.5, 0.6) is 0 Å². The van der Waals surface area contributed by atoms with E-state index in [1.165, 1.54) is 11.7 Å². The zero-order chi connectivity index (χ0) is 17.7. The molecule has 3 rings (SSSR count). The first-order valence-corrected chi connectivity index (χ1v) is 7.62. The molecule has 0 spiro atoms. The van der Waals surface area contributed by atoms with Crippen LogP contribution >= 0.6 is 0 Å². The maximum Gasteiger partial charge on any atom is 0.435 e. The van der Waals surface area contributed by atoms with Crippen molar-refractivity contribution in [2.24, 2.45) is 7.05 Å². The van der Waals surface area contributed by atoms with Crippen LogP contribution in [0.25, 0.3) is 11.4 Å². The summed E-state index contributed by atoms with van der Waals surface area (Å²) in [6.07, 6.45) is -2.62. The van der Waals surface area contributed by atoms with E-state index in [0.717, 1.165) is 23.1 Å². The van der Waals surface area contributed by atoms with Crippen LogP contribution < -0.4 is 0 Å². The second-order valence-corrected chi connectivity index (χ2v) is 6.95. The summed E-state index contributed by atoms with van der Waals surface area (Å²) in [4.78, 5) is 4.68. The van der Waals surface area contributed by atoms with Gasteiger partial charge in [0.2, 0.25) is 0 Å². The van der Waals surface area contributed by atoms with Gasteiger partial charge < -0.3 is 4.57 Å². The Labute approximate surface area is 138 Å². The van der Waals surface area contributed by atoms with Crippen LogP contribution in [-0.4, -0.2) is 19.3 Å². The third kappa shape index (κ3) is 3.02. The molecular formula is C17H19F3N4. The quantitative estimate of drug-likeness (QED) is 0.707. The summed E-state index contributed by atoms with van der Waals surface area (Å²) in [5, 5.41) is 3.56. The highest BCUT2D eigenvalue weighted by Gasteiger charge is 2.34. The van der Waals surface area contributed by atoms with Gasteiger partial charge in [0.25, 0.3) is 0 Å². The molecule has 2 aliphatic heterocycles. The van der Waals surface area contributed by atoms with Gasteiger partial charge in [-0.3, -0.25) is 4.68 Å². The Bertz CT molecular complexity index is 837. The van der Waals surface area contributed by atoms with Gasteiger partial charge in [-0.1, -0.05) is 20.8 Å². The molecule has 0 bridgehead atoms. The predicted molar refractivity (Wildman–Crippen MR) is 84.9 cm³/mol. The van der Waals surface area contributed by atoms with E-state index in [4.69, 9.17) is 0 Å². The summed E-state index contributed by atoms with van der Waals surface area (Å²) in [5.74, 6) is 0.761. The average Bonchev–Trinajstić information content (AvgIpc) is 3.03. The molecule has 128 valence electrons. The Morgan fingerprint density at radius 2 is 1.79 bits per heavy atom. The van der Waals surface area contributed by atoms with Crippen molar-refractivity contribution < 1.29 is 13.2 Å². The smallest absolute Gasteiger partial charge is 0.327 e. The summed E-state index contributed by atoms with van der Waals surface area (Å²) in [6.45, 7) is 6.51. The normalized spacial score (nSPS) is 13.0. The van der Waals surface area contributed by atoms with Crippen molar-refractivity contribution in [2.45, 2.75) is 38.9 Å². The number of halogens is 3. The molecule has 0 radical (unpaired) electrons. The van der Waals surface area contributed by atoms with Crippen molar-refractivity contribution in [2.75, 3.05) is 0 Å². The van der Waals surface area contributed by atoms with Gasteiger partial charge in [-0.2, -0.15) is 18.3 Å². The maximum atomic E-state index is 12.8. The topological polar surface area (TPSA) is 35.6 Å². The van der Waals surface area contributed by atoms with Gasteiger partial charge in [-0.25, -0.2) is 4.98 Å². The van der Waals surface area contributed by atoms with E-state index in [0.29, 0.717) is 5.69 Å². The molecule has 1 aromatic rings. The summed E-state index contributed by atoms with van der Waals surface area (Å²) in [5.41, 5.74) is 1.44. The number of hydrogen-bond acceptors (Lipinski definition) is 2. The molecule has 0 amide bonds. The van der Waals surface area contributed by atoms with E-state index in [-0.39, 0.29) is 12.0 Å². The van der Waals surface area contributed by atoms with E-state index < -0.39 is 11.9 Å². The highest BCUT2D eigenvalue weighted by Crippen LogP contribution is 2.31. The Balaban J connectivity index is 2.00. The first-order valence-electron chi connectivity index (χ1n) is 7.62. The fraction of sp³-hybridized carbons (Fsp3) is 0.412. The molecule has 0 N–H and O–H groups in total. The van der Waals surface area contributed by atoms with E-state index in [1.807, 2.05) is 29.0 Å². The number of nitrogens with zero attached hydrogens (tertiary/aromatic N) is 4. The minimum atomic E-state index is -4.44. The molecule has 4 nitrogen and oxygen atoms in total. The largest absolute Gasteiger partial charge is 0.435 e. The van der Waals surface area contributed by atoms with Crippen LogP contribution in [0.4, 0.5) is 13.2 Å². The van der Waals surface area contributed by atoms with Gasteiger partial charge in [-0.05, 0) is 24.3 Å². The molecule has 0 fully saturated rings. The molecule has 0 saturated heterocycles. The van der Waals surface area contributed by atoms with Crippen LogP contribution in [-0.2, 0) is 25.2 Å². The number of aromatic nitrogens is 4. The Kier molecular flexibility index (Phi) is 3.69. The lowest BCUT2D eigenvalue weighted by molar-refractivity contribution is -0.141. The summed E-state index contributed by atoms with van der Waals surface area (Å²) in [7, 11) is 1.52. The van der Waals surface area contributed by atoms with Crippen molar-refractivity contribution in [3.05, 3.63) is 47.5 Å². The second kappa shape index (κ2) is 5.36. The molecular weight excluding hydrogens is 317 g/mol. The standard InChI is InChI=1S/C17H19F3N4/c1-16(2,3)13-8-11-6-5-7-24(15(11)21-13)10-12-9-14(17(18,19)20)22-23(12)4/h5-9H,10H2,1-4H3. The third-order valence-electron chi connectivity index (χ3n) is 3.96. The van der Waals surface area contributed by atoms with Crippen LogP contribution in [0.15, 0.2) is 30.5 Å². The van der Waals surface area contributed by atoms with Crippen LogP contribution in [0.1, 0.15) is 37.9 Å². The molecule has 3 heterocycles. The first kappa shape index (κ1) is 16.5. The highest BCUT2D eigenvalue weighted by atomic mass is 19.4. The van der Waals surface area contributed by atoms with Gasteiger partial charge in [0.05, 0.1) is 12.2 Å². The molecule has 24 heavy (non-hydrogen) atoms. The van der Waals surface area contributed by atoms with Crippen molar-refractivity contribution in [3.8, 4) is 11.4 Å². The lowest BCUT2D eigenvalue weighted by atomic mass is 9.92. The van der Waals surface area contributed by atoms with E-state index >= 15 is 0 Å². The molecule has 1 aromatic heterocycles. The summed E-state index contributed by atoms with van der Waals surface area (Å²) < 4.78 is 41.6. The molecule has 0 saturated carbocycles. The number of hydrogen-bond donors (Lipinski definition) is 0. The van der Waals surface area contributed by atoms with E-state index in [2.05, 4.69) is 30.9 Å². The van der Waals surface area contributed by atoms with Crippen molar-refractivity contribution in [3.63, 3.8) is 0 Å². The number of alkyl halides is 3. The zero-order valence-electron chi connectivity index (χ0n) is 14.0. The summed E-state index contributed by atoms with van der Waals surface area (Å²) >= 11 is 0. The van der Waals surface area contributed by atoms with Gasteiger partial charge in [0.15, 0.2) is 5.69 Å². The molecule has 7 heteroatoms. The molecule has 0 atom stereocenters. The third-order valence-corrected chi connectivity index (χ3v) is 3.96. The SMILES string of the molecule is Cn1nc(C(F)(F)F)cc1Cn1cccc2cc(C(C)(C)C)nc1-2. The van der Waals surface area contributed by atoms with Gasteiger partial charge in [0.1, 0.15) is 5.82 Å². The first-order chi connectivity index (χ1) is 11.1. The predicted octanol–water partition coefficient (Wildman–Crippen LogP) is 4.09. The van der Waals surface area contributed by atoms with Crippen LogP contribution in [0, 0.1) is 0 Å². The van der Waals surface area contributed by atoms with E-state index in [9.17, 15) is 13.2 Å². The lowest BCUT2D eigenvalue weighted by Gasteiger charge is -2.14. The minimum absolute atomic E-state index is 0.0904. The lowest BCUT2D eigenvalue weighted by Crippen LogP contribution is -2.12. The second-order valence-electron chi connectivity index (χ2n) is 6.95. The van der Waals surface area contributed by atoms with Crippen LogP contribution in [0.3, 0.4) is 0 Å². The number of pyridine rings is 1. The Morgan fingerprint density at radius 3 is 2.38 bits per heavy atom. The monoisotopic (exact) mass is 336 g/mol. The zero-order valence-corrected chi connectivity index (χ0v) is 14.0. The van der Waals surface area contributed by atoms with E-state index in [1.54, 1.807) is 0 Å². The van der Waals surface area contributed by atoms with Crippen molar-refractivity contribution >= 4 is 0 Å². The average molecular weight is 336 g/mol. The maximum absolute atomic E-state index is 12.8. The summed E-state index contributed by atoms with van der Waals surface area (Å²) in [6, 6.07) is 6.94. The van der Waals surface area contributed by atoms with Gasteiger partial charge >= 0.3 is 6.18 Å². The van der Waals surface area contributed by atoms with Crippen LogP contribution in [0.2, 0.25) is 0 Å². The van der Waals surface area contributed by atoms with Crippen molar-refractivity contribution in [1.29, 1.82) is 0 Å². The Hall–Kier alpha value is -2.31. The molecule has 0 aliphatic carbocycles. The molecule has 0 unspecified atom stereocenters. The molecule has 2 aliphatic rings. The van der Waals surface area contributed by atoms with Crippen molar-refractivity contribution in [1.82, 2.24) is 19.3 Å². The number of rotatable bonds is 2. The highest BCUT2D eigenvalue weighted by molar-refractivity contribution is 5.60. The molecule has 0 aromatic carbocycles. The fourth-order valence-electron chi connectivity index (χ4n) is 2.58. The van der Waals surface area contributed by atoms with Gasteiger partial charge in [0, 0.05) is 29.9 Å².